The van der Waals surface area contributed by atoms with Gasteiger partial charge in [-0.3, -0.25) is 9.48 Å². The van der Waals surface area contributed by atoms with Gasteiger partial charge in [-0.1, -0.05) is 6.07 Å². The third kappa shape index (κ3) is 3.93. The summed E-state index contributed by atoms with van der Waals surface area (Å²) in [5.41, 5.74) is 1.10. The molecule has 1 amide bonds. The lowest BCUT2D eigenvalue weighted by Gasteiger charge is -2.09. The molecule has 0 fully saturated rings. The Morgan fingerprint density at radius 3 is 2.92 bits per heavy atom. The number of hydrogen-bond acceptors (Lipinski definition) is 5. The van der Waals surface area contributed by atoms with Crippen LogP contribution in [0.1, 0.15) is 18.1 Å². The molecule has 7 nitrogen and oxygen atoms in total. The van der Waals surface area contributed by atoms with Crippen LogP contribution >= 0.6 is 0 Å². The Morgan fingerprint density at radius 1 is 1.46 bits per heavy atom. The van der Waals surface area contributed by atoms with E-state index in [0.717, 1.165) is 5.56 Å². The quantitative estimate of drug-likeness (QED) is 0.823. The standard InChI is InChI=1S/C17H18N4O3/c1-4-24-14-7-5-12(9-15(14)23-3)6-8-16(22)20-17-13(10-18)11-19-21(17)2/h5-9,11H,4H2,1-3H3,(H,20,22)/b8-6+. The maximum Gasteiger partial charge on any atom is 0.249 e. The summed E-state index contributed by atoms with van der Waals surface area (Å²) in [5.74, 6) is 1.24. The third-order valence-corrected chi connectivity index (χ3v) is 3.22. The largest absolute Gasteiger partial charge is 0.493 e. The predicted molar refractivity (Wildman–Crippen MR) is 89.7 cm³/mol. The van der Waals surface area contributed by atoms with Crippen LogP contribution in [0.15, 0.2) is 30.5 Å². The number of ether oxygens (including phenoxy) is 2. The van der Waals surface area contributed by atoms with Crippen molar-refractivity contribution in [1.82, 2.24) is 9.78 Å². The summed E-state index contributed by atoms with van der Waals surface area (Å²) >= 11 is 0. The molecule has 0 aliphatic carbocycles. The van der Waals surface area contributed by atoms with Gasteiger partial charge >= 0.3 is 0 Å². The molecule has 0 bridgehead atoms. The van der Waals surface area contributed by atoms with Gasteiger partial charge < -0.3 is 14.8 Å². The summed E-state index contributed by atoms with van der Waals surface area (Å²) in [6.45, 7) is 2.44. The van der Waals surface area contributed by atoms with Gasteiger partial charge in [-0.25, -0.2) is 0 Å². The van der Waals surface area contributed by atoms with E-state index in [9.17, 15) is 4.79 Å². The summed E-state index contributed by atoms with van der Waals surface area (Å²) in [6, 6.07) is 7.36. The molecule has 1 heterocycles. The molecular formula is C17H18N4O3. The Bertz CT molecular complexity index is 803. The zero-order valence-electron chi connectivity index (χ0n) is 13.7. The average molecular weight is 326 g/mol. The molecule has 0 spiro atoms. The van der Waals surface area contributed by atoms with Gasteiger partial charge in [0, 0.05) is 13.1 Å². The van der Waals surface area contributed by atoms with E-state index in [2.05, 4.69) is 10.4 Å². The van der Waals surface area contributed by atoms with Gasteiger partial charge in [-0.05, 0) is 30.7 Å². The molecule has 1 N–H and O–H groups in total. The molecule has 1 aromatic carbocycles. The number of aryl methyl sites for hydroxylation is 1. The van der Waals surface area contributed by atoms with Crippen molar-refractivity contribution in [3.63, 3.8) is 0 Å². The van der Waals surface area contributed by atoms with E-state index in [1.54, 1.807) is 32.4 Å². The highest BCUT2D eigenvalue weighted by Crippen LogP contribution is 2.28. The van der Waals surface area contributed by atoms with Crippen molar-refractivity contribution < 1.29 is 14.3 Å². The fourth-order valence-electron chi connectivity index (χ4n) is 2.06. The molecule has 2 rings (SSSR count). The van der Waals surface area contributed by atoms with Crippen LogP contribution in [0.25, 0.3) is 6.08 Å². The molecule has 0 radical (unpaired) electrons. The number of carbonyl (C=O) groups excluding carboxylic acids is 1. The fraction of sp³-hybridized carbons (Fsp3) is 0.235. The molecule has 0 aliphatic rings. The highest BCUT2D eigenvalue weighted by atomic mass is 16.5. The number of nitriles is 1. The van der Waals surface area contributed by atoms with Crippen LogP contribution in [-0.4, -0.2) is 29.4 Å². The van der Waals surface area contributed by atoms with Crippen molar-refractivity contribution >= 4 is 17.8 Å². The number of methoxy groups -OCH3 is 1. The summed E-state index contributed by atoms with van der Waals surface area (Å²) in [4.78, 5) is 12.0. The van der Waals surface area contributed by atoms with Crippen LogP contribution in [0.4, 0.5) is 5.82 Å². The van der Waals surface area contributed by atoms with Gasteiger partial charge in [-0.15, -0.1) is 0 Å². The van der Waals surface area contributed by atoms with Gasteiger partial charge in [0.2, 0.25) is 5.91 Å². The van der Waals surface area contributed by atoms with Crippen LogP contribution in [0.5, 0.6) is 11.5 Å². The number of hydrogen-bond donors (Lipinski definition) is 1. The first-order valence-electron chi connectivity index (χ1n) is 7.31. The molecule has 0 unspecified atom stereocenters. The minimum Gasteiger partial charge on any atom is -0.493 e. The lowest BCUT2D eigenvalue weighted by molar-refractivity contribution is -0.111. The first kappa shape index (κ1) is 17.1. The second-order valence-electron chi connectivity index (χ2n) is 4.81. The van der Waals surface area contributed by atoms with Crippen molar-refractivity contribution in [1.29, 1.82) is 5.26 Å². The van der Waals surface area contributed by atoms with Crippen molar-refractivity contribution in [3.8, 4) is 17.6 Å². The van der Waals surface area contributed by atoms with Crippen LogP contribution in [0.2, 0.25) is 0 Å². The topological polar surface area (TPSA) is 89.2 Å². The van der Waals surface area contributed by atoms with Gasteiger partial charge in [-0.2, -0.15) is 10.4 Å². The number of carbonyl (C=O) groups is 1. The van der Waals surface area contributed by atoms with E-state index in [-0.39, 0.29) is 5.91 Å². The highest BCUT2D eigenvalue weighted by molar-refractivity contribution is 6.02. The number of benzene rings is 1. The second-order valence-corrected chi connectivity index (χ2v) is 4.81. The molecule has 0 saturated carbocycles. The Morgan fingerprint density at radius 2 is 2.25 bits per heavy atom. The van der Waals surface area contributed by atoms with Crippen molar-refractivity contribution in [2.45, 2.75) is 6.92 Å². The van der Waals surface area contributed by atoms with Gasteiger partial charge in [0.05, 0.1) is 19.9 Å². The number of nitrogens with zero attached hydrogens (tertiary/aromatic N) is 3. The lowest BCUT2D eigenvalue weighted by atomic mass is 10.2. The Hall–Kier alpha value is -3.27. The molecular weight excluding hydrogens is 308 g/mol. The maximum absolute atomic E-state index is 12.0. The van der Waals surface area contributed by atoms with Crippen LogP contribution < -0.4 is 14.8 Å². The second kappa shape index (κ2) is 7.83. The molecule has 0 atom stereocenters. The first-order chi connectivity index (χ1) is 11.6. The van der Waals surface area contributed by atoms with E-state index >= 15 is 0 Å². The molecule has 2 aromatic rings. The Balaban J connectivity index is 2.11. The van der Waals surface area contributed by atoms with E-state index in [4.69, 9.17) is 14.7 Å². The highest BCUT2D eigenvalue weighted by Gasteiger charge is 2.10. The first-order valence-corrected chi connectivity index (χ1v) is 7.31. The van der Waals surface area contributed by atoms with Crippen LogP contribution in [0, 0.1) is 11.3 Å². The Labute approximate surface area is 140 Å². The van der Waals surface area contributed by atoms with E-state index in [0.29, 0.717) is 29.5 Å². The minimum absolute atomic E-state index is 0.307. The molecule has 0 aliphatic heterocycles. The zero-order valence-corrected chi connectivity index (χ0v) is 13.7. The Kier molecular flexibility index (Phi) is 5.58. The van der Waals surface area contributed by atoms with Crippen molar-refractivity contribution in [3.05, 3.63) is 41.6 Å². The molecule has 0 saturated heterocycles. The van der Waals surface area contributed by atoms with E-state index in [1.807, 2.05) is 19.1 Å². The zero-order chi connectivity index (χ0) is 17.5. The van der Waals surface area contributed by atoms with Gasteiger partial charge in [0.25, 0.3) is 0 Å². The lowest BCUT2D eigenvalue weighted by Crippen LogP contribution is -2.12. The minimum atomic E-state index is -0.358. The summed E-state index contributed by atoms with van der Waals surface area (Å²) in [5, 5.41) is 15.6. The number of anilines is 1. The summed E-state index contributed by atoms with van der Waals surface area (Å²) in [6.07, 6.45) is 4.43. The van der Waals surface area contributed by atoms with Gasteiger partial charge in [0.15, 0.2) is 11.5 Å². The van der Waals surface area contributed by atoms with Crippen LogP contribution in [0.3, 0.4) is 0 Å². The summed E-state index contributed by atoms with van der Waals surface area (Å²) in [7, 11) is 3.21. The maximum atomic E-state index is 12.0. The number of aromatic nitrogens is 2. The molecule has 7 heteroatoms. The summed E-state index contributed by atoms with van der Waals surface area (Å²) < 4.78 is 12.2. The molecule has 24 heavy (non-hydrogen) atoms. The van der Waals surface area contributed by atoms with Crippen molar-refractivity contribution in [2.75, 3.05) is 19.0 Å². The molecule has 124 valence electrons. The smallest absolute Gasteiger partial charge is 0.249 e. The number of rotatable bonds is 6. The van der Waals surface area contributed by atoms with E-state index in [1.165, 1.54) is 17.0 Å². The number of amides is 1. The predicted octanol–water partition coefficient (Wildman–Crippen LogP) is 2.35. The van der Waals surface area contributed by atoms with Crippen LogP contribution in [-0.2, 0) is 11.8 Å². The molecule has 1 aromatic heterocycles. The normalized spacial score (nSPS) is 10.4. The third-order valence-electron chi connectivity index (χ3n) is 3.22. The fourth-order valence-corrected chi connectivity index (χ4v) is 2.06. The average Bonchev–Trinajstić information content (AvgIpc) is 2.94. The van der Waals surface area contributed by atoms with Gasteiger partial charge in [0.1, 0.15) is 17.5 Å². The number of nitrogens with one attached hydrogen (secondary N) is 1. The SMILES string of the molecule is CCOc1ccc(/C=C/C(=O)Nc2c(C#N)cnn2C)cc1OC. The van der Waals surface area contributed by atoms with E-state index < -0.39 is 0 Å². The monoisotopic (exact) mass is 326 g/mol. The van der Waals surface area contributed by atoms with Crippen molar-refractivity contribution in [2.24, 2.45) is 7.05 Å².